The molecule has 3 aromatic rings. The number of benzene rings is 1. The number of hydrogen-bond acceptors (Lipinski definition) is 6. The number of carbonyl (C=O) groups excluding carboxylic acids is 1. The van der Waals surface area contributed by atoms with Crippen molar-refractivity contribution < 1.29 is 9.53 Å². The number of thioether (sulfide) groups is 1. The zero-order chi connectivity index (χ0) is 17.6. The van der Waals surface area contributed by atoms with Crippen LogP contribution in [0.3, 0.4) is 0 Å². The van der Waals surface area contributed by atoms with Crippen molar-refractivity contribution in [1.82, 2.24) is 19.7 Å². The molecule has 0 atom stereocenters. The normalized spacial score (nSPS) is 10.5. The molecular weight excluding hydrogens is 338 g/mol. The van der Waals surface area contributed by atoms with Crippen molar-refractivity contribution in [2.75, 3.05) is 18.2 Å². The number of pyridine rings is 1. The predicted octanol–water partition coefficient (Wildman–Crippen LogP) is 2.71. The van der Waals surface area contributed by atoms with Crippen LogP contribution in [0.1, 0.15) is 5.56 Å². The van der Waals surface area contributed by atoms with Gasteiger partial charge in [-0.15, -0.1) is 10.2 Å². The van der Waals surface area contributed by atoms with Gasteiger partial charge in [0.2, 0.25) is 11.8 Å². The number of methoxy groups -OCH3 is 1. The minimum Gasteiger partial charge on any atom is -0.481 e. The first-order chi connectivity index (χ1) is 12.2. The summed E-state index contributed by atoms with van der Waals surface area (Å²) in [6, 6.07) is 11.5. The third-order valence-electron chi connectivity index (χ3n) is 3.39. The van der Waals surface area contributed by atoms with Crippen LogP contribution in [0.2, 0.25) is 0 Å². The number of anilines is 1. The Kier molecular flexibility index (Phi) is 5.30. The molecule has 1 aromatic carbocycles. The minimum atomic E-state index is -0.143. The molecule has 2 heterocycles. The van der Waals surface area contributed by atoms with Crippen LogP contribution in [0.4, 0.5) is 5.69 Å². The predicted molar refractivity (Wildman–Crippen MR) is 96.2 cm³/mol. The minimum absolute atomic E-state index is 0.143. The van der Waals surface area contributed by atoms with Gasteiger partial charge in [0.1, 0.15) is 6.33 Å². The summed E-state index contributed by atoms with van der Waals surface area (Å²) in [7, 11) is 1.54. The standard InChI is InChI=1S/C17H17N5O2S/c1-12-3-6-14(7-4-12)22-11-19-21-17(22)25-10-15(23)20-13-5-8-16(24-2)18-9-13/h3-9,11H,10H2,1-2H3,(H,20,23). The molecule has 1 amide bonds. The SMILES string of the molecule is COc1ccc(NC(=O)CSc2nncn2-c2ccc(C)cc2)cn1. The van der Waals surface area contributed by atoms with Crippen LogP contribution in [0.5, 0.6) is 5.88 Å². The fourth-order valence-corrected chi connectivity index (χ4v) is 2.84. The molecule has 0 aliphatic heterocycles. The molecule has 0 saturated heterocycles. The van der Waals surface area contributed by atoms with E-state index >= 15 is 0 Å². The topological polar surface area (TPSA) is 81.9 Å². The van der Waals surface area contributed by atoms with Gasteiger partial charge in [0, 0.05) is 11.8 Å². The van der Waals surface area contributed by atoms with E-state index in [4.69, 9.17) is 4.74 Å². The molecule has 7 nitrogen and oxygen atoms in total. The zero-order valence-corrected chi connectivity index (χ0v) is 14.7. The highest BCUT2D eigenvalue weighted by molar-refractivity contribution is 7.99. The maximum atomic E-state index is 12.1. The van der Waals surface area contributed by atoms with E-state index in [2.05, 4.69) is 20.5 Å². The fourth-order valence-electron chi connectivity index (χ4n) is 2.11. The van der Waals surface area contributed by atoms with Crippen LogP contribution in [-0.4, -0.2) is 38.5 Å². The Hall–Kier alpha value is -2.87. The monoisotopic (exact) mass is 355 g/mol. The average molecular weight is 355 g/mol. The van der Waals surface area contributed by atoms with E-state index in [1.54, 1.807) is 31.8 Å². The molecule has 0 radical (unpaired) electrons. The van der Waals surface area contributed by atoms with Crippen molar-refractivity contribution in [1.29, 1.82) is 0 Å². The van der Waals surface area contributed by atoms with Crippen LogP contribution in [0.25, 0.3) is 5.69 Å². The molecular formula is C17H17N5O2S. The fraction of sp³-hybridized carbons (Fsp3) is 0.176. The van der Waals surface area contributed by atoms with Crippen LogP contribution in [-0.2, 0) is 4.79 Å². The molecule has 0 aliphatic rings. The van der Waals surface area contributed by atoms with E-state index in [1.807, 2.05) is 35.8 Å². The van der Waals surface area contributed by atoms with E-state index < -0.39 is 0 Å². The van der Waals surface area contributed by atoms with E-state index in [0.29, 0.717) is 16.7 Å². The zero-order valence-electron chi connectivity index (χ0n) is 13.8. The van der Waals surface area contributed by atoms with Crippen LogP contribution < -0.4 is 10.1 Å². The number of aryl methyl sites for hydroxylation is 1. The highest BCUT2D eigenvalue weighted by atomic mass is 32.2. The lowest BCUT2D eigenvalue weighted by molar-refractivity contribution is -0.113. The quantitative estimate of drug-likeness (QED) is 0.685. The van der Waals surface area contributed by atoms with Gasteiger partial charge in [0.15, 0.2) is 5.16 Å². The van der Waals surface area contributed by atoms with Crippen molar-refractivity contribution in [2.24, 2.45) is 0 Å². The number of amides is 1. The number of nitrogens with one attached hydrogen (secondary N) is 1. The summed E-state index contributed by atoms with van der Waals surface area (Å²) in [6.45, 7) is 2.03. The Balaban J connectivity index is 1.61. The Labute approximate surface area is 149 Å². The highest BCUT2D eigenvalue weighted by Crippen LogP contribution is 2.20. The van der Waals surface area contributed by atoms with Gasteiger partial charge in [-0.1, -0.05) is 29.5 Å². The van der Waals surface area contributed by atoms with Gasteiger partial charge in [-0.2, -0.15) is 0 Å². The van der Waals surface area contributed by atoms with Gasteiger partial charge in [-0.25, -0.2) is 4.98 Å². The summed E-state index contributed by atoms with van der Waals surface area (Å²) in [5.41, 5.74) is 2.75. The molecule has 0 aliphatic carbocycles. The average Bonchev–Trinajstić information content (AvgIpc) is 3.10. The third-order valence-corrected chi connectivity index (χ3v) is 4.33. The van der Waals surface area contributed by atoms with Crippen molar-refractivity contribution >= 4 is 23.4 Å². The Morgan fingerprint density at radius 2 is 2.04 bits per heavy atom. The molecule has 0 unspecified atom stereocenters. The van der Waals surface area contributed by atoms with Crippen LogP contribution in [0.15, 0.2) is 54.1 Å². The third kappa shape index (κ3) is 4.36. The Morgan fingerprint density at radius 3 is 2.72 bits per heavy atom. The van der Waals surface area contributed by atoms with Crippen molar-refractivity contribution in [3.05, 3.63) is 54.5 Å². The second-order valence-electron chi connectivity index (χ2n) is 5.25. The first kappa shape index (κ1) is 17.0. The van der Waals surface area contributed by atoms with Crippen LogP contribution in [0, 0.1) is 6.92 Å². The molecule has 0 fully saturated rings. The number of rotatable bonds is 6. The lowest BCUT2D eigenvalue weighted by atomic mass is 10.2. The van der Waals surface area contributed by atoms with E-state index in [-0.39, 0.29) is 11.7 Å². The first-order valence-electron chi connectivity index (χ1n) is 7.55. The molecule has 2 aromatic heterocycles. The molecule has 0 spiro atoms. The lowest BCUT2D eigenvalue weighted by Gasteiger charge is -2.07. The van der Waals surface area contributed by atoms with Crippen LogP contribution >= 0.6 is 11.8 Å². The molecule has 1 N–H and O–H groups in total. The van der Waals surface area contributed by atoms with Gasteiger partial charge in [-0.05, 0) is 25.1 Å². The summed E-state index contributed by atoms with van der Waals surface area (Å²) >= 11 is 1.32. The summed E-state index contributed by atoms with van der Waals surface area (Å²) < 4.78 is 6.84. The van der Waals surface area contributed by atoms with Gasteiger partial charge in [0.05, 0.1) is 24.7 Å². The van der Waals surface area contributed by atoms with Crippen molar-refractivity contribution in [3.63, 3.8) is 0 Å². The van der Waals surface area contributed by atoms with E-state index in [1.165, 1.54) is 17.3 Å². The van der Waals surface area contributed by atoms with Crippen molar-refractivity contribution in [3.8, 4) is 11.6 Å². The first-order valence-corrected chi connectivity index (χ1v) is 8.54. The maximum Gasteiger partial charge on any atom is 0.234 e. The van der Waals surface area contributed by atoms with Gasteiger partial charge >= 0.3 is 0 Å². The number of carbonyl (C=O) groups is 1. The maximum absolute atomic E-state index is 12.1. The molecule has 25 heavy (non-hydrogen) atoms. The second-order valence-corrected chi connectivity index (χ2v) is 6.19. The van der Waals surface area contributed by atoms with E-state index in [0.717, 1.165) is 5.69 Å². The number of aromatic nitrogens is 4. The molecule has 128 valence electrons. The lowest BCUT2D eigenvalue weighted by Crippen LogP contribution is -2.14. The second kappa shape index (κ2) is 7.80. The molecule has 8 heteroatoms. The van der Waals surface area contributed by atoms with Gasteiger partial charge < -0.3 is 10.1 Å². The van der Waals surface area contributed by atoms with Gasteiger partial charge in [-0.3, -0.25) is 9.36 Å². The summed E-state index contributed by atoms with van der Waals surface area (Å²) in [5, 5.41) is 11.5. The number of ether oxygens (including phenoxy) is 1. The van der Waals surface area contributed by atoms with E-state index in [9.17, 15) is 4.79 Å². The number of hydrogen-bond donors (Lipinski definition) is 1. The highest BCUT2D eigenvalue weighted by Gasteiger charge is 2.10. The molecule has 0 bridgehead atoms. The van der Waals surface area contributed by atoms with Crippen molar-refractivity contribution in [2.45, 2.75) is 12.1 Å². The largest absolute Gasteiger partial charge is 0.481 e. The van der Waals surface area contributed by atoms with Gasteiger partial charge in [0.25, 0.3) is 0 Å². The smallest absolute Gasteiger partial charge is 0.234 e. The number of nitrogens with zero attached hydrogens (tertiary/aromatic N) is 4. The summed E-state index contributed by atoms with van der Waals surface area (Å²) in [5.74, 6) is 0.574. The summed E-state index contributed by atoms with van der Waals surface area (Å²) in [6.07, 6.45) is 3.19. The molecule has 0 saturated carbocycles. The summed E-state index contributed by atoms with van der Waals surface area (Å²) in [4.78, 5) is 16.2. The Bertz CT molecular complexity index is 846. The Morgan fingerprint density at radius 1 is 1.24 bits per heavy atom. The molecule has 3 rings (SSSR count).